The Labute approximate surface area is 579 Å². The van der Waals surface area contributed by atoms with Crippen molar-refractivity contribution in [3.8, 4) is 51.2 Å². The van der Waals surface area contributed by atoms with E-state index in [9.17, 15) is 0 Å². The van der Waals surface area contributed by atoms with E-state index in [0.717, 1.165) is 84.3 Å². The first kappa shape index (κ1) is 61.7. The van der Waals surface area contributed by atoms with Crippen LogP contribution < -0.4 is 20.7 Å². The van der Waals surface area contributed by atoms with Gasteiger partial charge in [-0.2, -0.15) is 9.84 Å². The van der Waals surface area contributed by atoms with E-state index in [1.54, 1.807) is 9.84 Å². The molecule has 16 aromatic rings. The van der Waals surface area contributed by atoms with Crippen LogP contribution in [0.5, 0.6) is 0 Å². The Morgan fingerprint density at radius 1 is 0.330 bits per heavy atom. The normalized spacial score (nSPS) is 11.3. The van der Waals surface area contributed by atoms with Crippen molar-refractivity contribution in [1.82, 2.24) is 28.7 Å². The summed E-state index contributed by atoms with van der Waals surface area (Å²) in [5.41, 5.74) is 15.8. The number of thiol groups is 1. The minimum absolute atomic E-state index is 0. The fourth-order valence-electron chi connectivity index (χ4n) is 13.0. The monoisotopic (exact) mass is 1490 g/mol. The van der Waals surface area contributed by atoms with Gasteiger partial charge in [0.15, 0.2) is 8.07 Å². The summed E-state index contributed by atoms with van der Waals surface area (Å²) in [6.07, 6.45) is 0. The number of rotatable bonds is 13. The maximum absolute atomic E-state index is 9.14. The van der Waals surface area contributed by atoms with Crippen molar-refractivity contribution in [2.24, 2.45) is 0 Å². The van der Waals surface area contributed by atoms with Gasteiger partial charge in [0.1, 0.15) is 17.5 Å². The van der Waals surface area contributed by atoms with Gasteiger partial charge in [0.2, 0.25) is 0 Å². The Balaban J connectivity index is 0.000000174. The van der Waals surface area contributed by atoms with Gasteiger partial charge in [-0.25, -0.2) is 23.0 Å². The van der Waals surface area contributed by atoms with Gasteiger partial charge in [-0.15, -0.1) is 0 Å². The Morgan fingerprint density at radius 3 is 0.840 bits per heavy atom. The molecule has 0 saturated heterocycles. The van der Waals surface area contributed by atoms with Crippen LogP contribution in [0.15, 0.2) is 358 Å². The zero-order chi connectivity index (χ0) is 64.9. The predicted octanol–water partition coefficient (Wildman–Crippen LogP) is 16.3. The second kappa shape index (κ2) is 29.9. The van der Waals surface area contributed by atoms with Gasteiger partial charge in [0.25, 0.3) is 0 Å². The van der Waals surface area contributed by atoms with E-state index in [4.69, 9.17) is 21.6 Å². The molecule has 0 aliphatic rings. The van der Waals surface area contributed by atoms with E-state index in [1.165, 1.54) is 37.4 Å². The topological polar surface area (TPSA) is 70.5 Å². The minimum atomic E-state index is -2.52. The standard InChI is InChI=1S/C45H30N6.C37H30Si.Bi.H2OPS.H3P.2H/c1-4-16-34(17-5-1)49-40-25-13-10-22-37(40)46-43(49)31-28-32(44-47-38-23-11-14-26-41(38)50(44)35-18-6-2-7-19-35)30-33(29-31)45-48-39-24-12-15-27-42(39)51(45)36-20-8-3-9-21-36;1-6-16-30(17-7-1)37(31-18-8-2-9-19-31)32-26-28-36(29-27-32)38(33-20-10-3-11-21-33,34-22-12-4-13-23-34)35-24-14-5-15-25-35;;1-3-2;;;/h1-30H;1-29,37H;;2-3H;1H3;;/q;;;-1;;;/i;;;3T;1T;;. The molecule has 0 fully saturated rings. The molecule has 0 spiro atoms. The van der Waals surface area contributed by atoms with Crippen LogP contribution >= 0.6 is 17.9 Å². The third-order valence-corrected chi connectivity index (χ3v) is 21.8. The molecule has 12 heteroatoms. The number of fused-ring (bicyclic) bond motifs is 3. The largest absolute Gasteiger partial charge is 0.292 e. The number of para-hydroxylation sites is 9. The Kier molecular flexibility index (Phi) is 19.6. The van der Waals surface area contributed by atoms with Crippen molar-refractivity contribution < 1.29 is 4.21 Å². The number of nitrogens with zero attached hydrogens (tertiary/aromatic N) is 6. The summed E-state index contributed by atoms with van der Waals surface area (Å²) in [7, 11) is 0.0455. The molecule has 16 rings (SSSR count). The molecule has 0 aliphatic carbocycles. The van der Waals surface area contributed by atoms with Crippen LogP contribution in [0.1, 0.15) is 22.6 Å². The van der Waals surface area contributed by atoms with E-state index in [1.807, 2.05) is 36.4 Å². The first-order valence-electron chi connectivity index (χ1n) is 31.6. The van der Waals surface area contributed by atoms with Crippen LogP contribution in [0.2, 0.25) is 0 Å². The average Bonchev–Trinajstić information content (AvgIpc) is 1.62. The third kappa shape index (κ3) is 12.9. The second-order valence-electron chi connectivity index (χ2n) is 22.4. The summed E-state index contributed by atoms with van der Waals surface area (Å²) in [6, 6.07) is 127. The predicted molar refractivity (Wildman–Crippen MR) is 408 cm³/mol. The molecule has 7 nitrogen and oxygen atoms in total. The van der Waals surface area contributed by atoms with Gasteiger partial charge >= 0.3 is 26.2 Å². The molecule has 0 saturated carbocycles. The van der Waals surface area contributed by atoms with Crippen molar-refractivity contribution in [2.45, 2.75) is 5.92 Å². The zero-order valence-corrected chi connectivity index (χ0v) is 59.8. The molecular formula is C82H67BiN6OP2SSi-. The summed E-state index contributed by atoms with van der Waals surface area (Å²) in [5, 5.41) is 5.58. The first-order valence-corrected chi connectivity index (χ1v) is 34.6. The molecule has 3 heterocycles. The summed E-state index contributed by atoms with van der Waals surface area (Å²) in [5.74, 6) is 2.72. The van der Waals surface area contributed by atoms with Crippen LogP contribution in [0, 0.1) is 0 Å². The van der Waals surface area contributed by atoms with Crippen LogP contribution in [0.4, 0.5) is 0 Å². The second-order valence-corrected chi connectivity index (χ2v) is 26.9. The summed E-state index contributed by atoms with van der Waals surface area (Å²) < 4.78 is 27.5. The number of benzene rings is 13. The number of hydrogen-bond acceptors (Lipinski definition) is 5. The maximum atomic E-state index is 9.14. The van der Waals surface area contributed by atoms with E-state index in [0.29, 0.717) is 0 Å². The molecular weight excluding hydrogens is 1420 g/mol. The Bertz CT molecular complexity index is 4800. The fourth-order valence-corrected chi connectivity index (χ4v) is 17.8. The quantitative estimate of drug-likeness (QED) is 0.0379. The van der Waals surface area contributed by atoms with Crippen molar-refractivity contribution >= 4 is 117 Å². The van der Waals surface area contributed by atoms with Crippen molar-refractivity contribution in [1.29, 1.82) is 2.40 Å². The SMILES string of the molecule is [3H]P.[3H][S-](=O)=P.[BiH2].c1ccc(-n2c(-c3cc(-c4nc5ccccc5n4-c4ccccc4)cc(-c4nc5ccccc5n4-c4ccccc4)c3)nc3ccccc32)cc1.c1ccc(C(c2ccccc2)c2ccc([Si](c3ccccc3)(c3ccccc3)c3ccccc3)cc2)cc1. The third-order valence-electron chi connectivity index (χ3n) is 17.0. The van der Waals surface area contributed by atoms with Gasteiger partial charge in [0, 0.05) is 39.7 Å². The molecule has 0 N–H and O–H groups in total. The number of imidazole rings is 3. The van der Waals surface area contributed by atoms with Gasteiger partial charge < -0.3 is 4.21 Å². The van der Waals surface area contributed by atoms with Gasteiger partial charge in [-0.3, -0.25) is 24.4 Å². The Morgan fingerprint density at radius 2 is 0.553 bits per heavy atom. The molecule has 1 radical (unpaired) electrons. The summed E-state index contributed by atoms with van der Waals surface area (Å²) >= 11 is 0. The smallest absolute Gasteiger partial charge is 0.179 e. The average molecular weight is 1490 g/mol. The summed E-state index contributed by atoms with van der Waals surface area (Å²) in [6.45, 7) is 0. The minimum Gasteiger partial charge on any atom is -0.292 e. The van der Waals surface area contributed by atoms with Gasteiger partial charge in [0.05, 0.1) is 34.4 Å². The van der Waals surface area contributed by atoms with Crippen molar-refractivity contribution in [3.63, 3.8) is 0 Å². The molecule has 3 aromatic heterocycles. The van der Waals surface area contributed by atoms with Crippen molar-refractivity contribution in [3.05, 3.63) is 375 Å². The van der Waals surface area contributed by atoms with E-state index in [2.05, 4.69) is 343 Å². The molecule has 0 amide bonds. The zero-order valence-electron chi connectivity index (χ0n) is 53.3. The fraction of sp³-hybridized carbons (Fsp3) is 0.0122. The summed E-state index contributed by atoms with van der Waals surface area (Å²) in [4.78, 5) is 15.9. The first-order chi connectivity index (χ1) is 46.9. The molecule has 1 atom stereocenters. The molecule has 1 unspecified atom stereocenters. The maximum Gasteiger partial charge on any atom is 0.179 e. The van der Waals surface area contributed by atoms with E-state index < -0.39 is 18.8 Å². The molecule has 13 aromatic carbocycles. The number of hydrogen-bond donors (Lipinski definition) is 0. The van der Waals surface area contributed by atoms with Crippen LogP contribution in [-0.2, 0) is 15.0 Å². The van der Waals surface area contributed by atoms with Gasteiger partial charge in [-0.1, -0.05) is 268 Å². The van der Waals surface area contributed by atoms with E-state index >= 15 is 0 Å². The Hall–Kier alpha value is -9.75. The number of aromatic nitrogens is 6. The van der Waals surface area contributed by atoms with Crippen LogP contribution in [-0.4, -0.2) is 65.3 Å². The van der Waals surface area contributed by atoms with Crippen LogP contribution in [0.25, 0.3) is 84.3 Å². The van der Waals surface area contributed by atoms with E-state index in [-0.39, 0.29) is 32.1 Å². The van der Waals surface area contributed by atoms with Gasteiger partial charge in [-0.05, 0) is 128 Å². The van der Waals surface area contributed by atoms with Crippen LogP contribution in [0.3, 0.4) is 0 Å². The molecule has 0 bridgehead atoms. The molecule has 0 aliphatic heterocycles. The molecule has 457 valence electrons. The van der Waals surface area contributed by atoms with Crippen molar-refractivity contribution in [2.75, 3.05) is 0 Å². The molecule has 94 heavy (non-hydrogen) atoms.